The second kappa shape index (κ2) is 9.42. The average molecular weight is 416 g/mol. The molecular weight excluding hydrogens is 394 g/mol. The largest absolute Gasteiger partial charge is 0.344 e. The number of anilines is 1. The van der Waals surface area contributed by atoms with Crippen molar-refractivity contribution in [1.29, 1.82) is 5.26 Å². The van der Waals surface area contributed by atoms with Crippen LogP contribution in [-0.4, -0.2) is 40.4 Å². The van der Waals surface area contributed by atoms with Crippen molar-refractivity contribution in [2.45, 2.75) is 17.3 Å². The number of amides is 1. The summed E-state index contributed by atoms with van der Waals surface area (Å²) in [5.41, 5.74) is 2.88. The molecule has 150 valence electrons. The second-order valence-corrected chi connectivity index (χ2v) is 8.03. The summed E-state index contributed by atoms with van der Waals surface area (Å²) in [5, 5.41) is 9.76. The van der Waals surface area contributed by atoms with Crippen LogP contribution in [0.25, 0.3) is 0 Å². The number of hydrogen-bond acceptors (Lipinski definition) is 6. The zero-order valence-electron chi connectivity index (χ0n) is 16.4. The van der Waals surface area contributed by atoms with Gasteiger partial charge in [0.15, 0.2) is 0 Å². The molecule has 2 heterocycles. The summed E-state index contributed by atoms with van der Waals surface area (Å²) in [6, 6.07) is 19.7. The van der Waals surface area contributed by atoms with Crippen molar-refractivity contribution in [3.05, 3.63) is 83.7 Å². The van der Waals surface area contributed by atoms with Crippen LogP contribution in [-0.2, 0) is 17.1 Å². The molecule has 4 rings (SSSR count). The van der Waals surface area contributed by atoms with Crippen LogP contribution >= 0.6 is 11.8 Å². The summed E-state index contributed by atoms with van der Waals surface area (Å²) < 4.78 is 0. The number of carbonyl (C=O) groups is 1. The number of piperazine rings is 1. The fourth-order valence-electron chi connectivity index (χ4n) is 3.27. The molecule has 0 N–H and O–H groups in total. The molecule has 1 fully saturated rings. The third kappa shape index (κ3) is 4.97. The number of hydrogen-bond donors (Lipinski definition) is 0. The molecule has 0 spiro atoms. The third-order valence-electron chi connectivity index (χ3n) is 4.93. The molecule has 0 saturated carbocycles. The lowest BCUT2D eigenvalue weighted by Gasteiger charge is -2.35. The maximum Gasteiger partial charge on any atom is 0.242 e. The van der Waals surface area contributed by atoms with Gasteiger partial charge in [-0.2, -0.15) is 5.26 Å². The Bertz CT molecular complexity index is 1050. The van der Waals surface area contributed by atoms with Gasteiger partial charge in [0.1, 0.15) is 10.8 Å². The van der Waals surface area contributed by atoms with E-state index in [0.29, 0.717) is 25.2 Å². The molecule has 0 unspecified atom stereocenters. The zero-order chi connectivity index (χ0) is 20.8. The van der Waals surface area contributed by atoms with Gasteiger partial charge >= 0.3 is 0 Å². The molecule has 7 heteroatoms. The van der Waals surface area contributed by atoms with Gasteiger partial charge in [-0.1, -0.05) is 42.5 Å². The van der Waals surface area contributed by atoms with E-state index in [1.165, 1.54) is 5.56 Å². The van der Waals surface area contributed by atoms with E-state index in [-0.39, 0.29) is 12.5 Å². The van der Waals surface area contributed by atoms with Crippen LogP contribution in [0.2, 0.25) is 0 Å². The van der Waals surface area contributed by atoms with Gasteiger partial charge in [0.25, 0.3) is 0 Å². The molecule has 1 amide bonds. The molecular formula is C23H21N5OS. The van der Waals surface area contributed by atoms with Crippen molar-refractivity contribution in [3.8, 4) is 6.07 Å². The number of nitriles is 1. The first-order valence-electron chi connectivity index (χ1n) is 9.72. The summed E-state index contributed by atoms with van der Waals surface area (Å²) in [6.07, 6.45) is 3.48. The fourth-order valence-corrected chi connectivity index (χ4v) is 4.07. The molecule has 30 heavy (non-hydrogen) atoms. The van der Waals surface area contributed by atoms with Crippen LogP contribution in [0.5, 0.6) is 0 Å². The molecule has 1 aromatic heterocycles. The van der Waals surface area contributed by atoms with Crippen LogP contribution in [0.3, 0.4) is 0 Å². The maximum absolute atomic E-state index is 12.7. The zero-order valence-corrected chi connectivity index (χ0v) is 17.3. The lowest BCUT2D eigenvalue weighted by molar-refractivity contribution is -0.131. The number of rotatable bonds is 6. The van der Waals surface area contributed by atoms with Gasteiger partial charge < -0.3 is 9.80 Å². The van der Waals surface area contributed by atoms with Crippen molar-refractivity contribution >= 4 is 23.5 Å². The first-order valence-corrected chi connectivity index (χ1v) is 10.7. The number of carbonyl (C=O) groups excluding carboxylic acids is 1. The van der Waals surface area contributed by atoms with Crippen LogP contribution in [0.15, 0.2) is 72.0 Å². The van der Waals surface area contributed by atoms with E-state index in [2.05, 4.69) is 23.2 Å². The number of nitrogens with zero attached hydrogens (tertiary/aromatic N) is 5. The molecule has 0 aliphatic carbocycles. The van der Waals surface area contributed by atoms with Gasteiger partial charge in [-0.25, -0.2) is 4.98 Å². The quantitative estimate of drug-likeness (QED) is 0.574. The Hall–Kier alpha value is -3.37. The van der Waals surface area contributed by atoms with E-state index < -0.39 is 0 Å². The summed E-state index contributed by atoms with van der Waals surface area (Å²) in [7, 11) is 0. The second-order valence-electron chi connectivity index (χ2n) is 7.04. The third-order valence-corrected chi connectivity index (χ3v) is 5.90. The summed E-state index contributed by atoms with van der Waals surface area (Å²) in [5.74, 6) is 1.63. The van der Waals surface area contributed by atoms with Gasteiger partial charge in [-0.15, -0.1) is 11.8 Å². The van der Waals surface area contributed by atoms with E-state index >= 15 is 0 Å². The highest BCUT2D eigenvalue weighted by molar-refractivity contribution is 7.98. The smallest absolute Gasteiger partial charge is 0.242 e. The average Bonchev–Trinajstić information content (AvgIpc) is 2.80. The van der Waals surface area contributed by atoms with Crippen molar-refractivity contribution in [2.24, 2.45) is 0 Å². The number of aromatic nitrogens is 2. The Morgan fingerprint density at radius 2 is 1.80 bits per heavy atom. The minimum Gasteiger partial charge on any atom is -0.344 e. The van der Waals surface area contributed by atoms with Crippen molar-refractivity contribution in [3.63, 3.8) is 0 Å². The van der Waals surface area contributed by atoms with Gasteiger partial charge in [-0.3, -0.25) is 9.78 Å². The van der Waals surface area contributed by atoms with E-state index in [0.717, 1.165) is 22.2 Å². The van der Waals surface area contributed by atoms with Gasteiger partial charge in [0.2, 0.25) is 5.91 Å². The standard InChI is InChI=1S/C23H21N5OS/c24-12-18-6-8-19(9-7-18)15-28-11-10-27(16-23(28)29)21-13-25-14-22(26-21)30-17-20-4-2-1-3-5-20/h1-9,13-14H,10-11,15-17H2. The molecule has 2 aromatic carbocycles. The molecule has 6 nitrogen and oxygen atoms in total. The summed E-state index contributed by atoms with van der Waals surface area (Å²) in [6.45, 7) is 2.18. The molecule has 1 aliphatic rings. The number of thioether (sulfide) groups is 1. The predicted molar refractivity (Wildman–Crippen MR) is 117 cm³/mol. The Labute approximate surface area is 180 Å². The van der Waals surface area contributed by atoms with Gasteiger partial charge in [-0.05, 0) is 23.3 Å². The summed E-state index contributed by atoms with van der Waals surface area (Å²) in [4.78, 5) is 25.5. The van der Waals surface area contributed by atoms with Gasteiger partial charge in [0.05, 0.1) is 30.6 Å². The molecule has 1 aliphatic heterocycles. The molecule has 1 saturated heterocycles. The van der Waals surface area contributed by atoms with Crippen LogP contribution < -0.4 is 4.90 Å². The van der Waals surface area contributed by atoms with E-state index in [1.54, 1.807) is 36.3 Å². The number of benzene rings is 2. The first kappa shape index (κ1) is 19.9. The predicted octanol–water partition coefficient (Wildman–Crippen LogP) is 3.49. The monoisotopic (exact) mass is 415 g/mol. The molecule has 0 radical (unpaired) electrons. The lowest BCUT2D eigenvalue weighted by atomic mass is 10.1. The Morgan fingerprint density at radius 1 is 1.00 bits per heavy atom. The van der Waals surface area contributed by atoms with Crippen LogP contribution in [0.4, 0.5) is 5.82 Å². The van der Waals surface area contributed by atoms with Crippen molar-refractivity contribution in [2.75, 3.05) is 24.5 Å². The maximum atomic E-state index is 12.7. The highest BCUT2D eigenvalue weighted by Gasteiger charge is 2.25. The molecule has 0 bridgehead atoms. The summed E-state index contributed by atoms with van der Waals surface area (Å²) >= 11 is 1.64. The fraction of sp³-hybridized carbons (Fsp3) is 0.217. The van der Waals surface area contributed by atoms with Crippen molar-refractivity contribution < 1.29 is 4.79 Å². The Kier molecular flexibility index (Phi) is 6.26. The normalized spacial score (nSPS) is 13.9. The van der Waals surface area contributed by atoms with Crippen molar-refractivity contribution in [1.82, 2.24) is 14.9 Å². The lowest BCUT2D eigenvalue weighted by Crippen LogP contribution is -2.50. The van der Waals surface area contributed by atoms with E-state index in [9.17, 15) is 4.79 Å². The Morgan fingerprint density at radius 3 is 2.53 bits per heavy atom. The molecule has 3 aromatic rings. The highest BCUT2D eigenvalue weighted by Crippen LogP contribution is 2.23. The SMILES string of the molecule is N#Cc1ccc(CN2CCN(c3cncc(SCc4ccccc4)n3)CC2=O)cc1. The minimum absolute atomic E-state index is 0.0646. The minimum atomic E-state index is 0.0646. The van der Waals surface area contributed by atoms with E-state index in [1.807, 2.05) is 40.1 Å². The van der Waals surface area contributed by atoms with Crippen LogP contribution in [0.1, 0.15) is 16.7 Å². The van der Waals surface area contributed by atoms with E-state index in [4.69, 9.17) is 10.2 Å². The van der Waals surface area contributed by atoms with Gasteiger partial charge in [0, 0.05) is 25.4 Å². The first-order chi connectivity index (χ1) is 14.7. The molecule has 0 atom stereocenters. The Balaban J connectivity index is 1.35. The topological polar surface area (TPSA) is 73.1 Å². The van der Waals surface area contributed by atoms with Crippen LogP contribution in [0, 0.1) is 11.3 Å². The highest BCUT2D eigenvalue weighted by atomic mass is 32.2.